The Labute approximate surface area is 146 Å². The third kappa shape index (κ3) is 5.26. The maximum Gasteiger partial charge on any atom is 0.410 e. The van der Waals surface area contributed by atoms with Crippen LogP contribution in [0.25, 0.3) is 0 Å². The van der Waals surface area contributed by atoms with E-state index in [9.17, 15) is 9.59 Å². The number of carbonyl (C=O) groups excluding carboxylic acids is 2. The molecule has 1 aliphatic rings. The highest BCUT2D eigenvalue weighted by Gasteiger charge is 2.30. The van der Waals surface area contributed by atoms with Gasteiger partial charge in [0.1, 0.15) is 11.3 Å². The monoisotopic (exact) mass is 352 g/mol. The minimum atomic E-state index is -0.561. The Kier molecular flexibility index (Phi) is 5.88. The number of halogens is 1. The van der Waals surface area contributed by atoms with Gasteiger partial charge in [-0.05, 0) is 33.6 Å². The summed E-state index contributed by atoms with van der Waals surface area (Å²) in [5.41, 5.74) is -0.220. The van der Waals surface area contributed by atoms with E-state index in [1.54, 1.807) is 4.90 Å². The first-order valence-electron chi connectivity index (χ1n) is 7.78. The van der Waals surface area contributed by atoms with Crippen molar-refractivity contribution in [3.8, 4) is 0 Å². The van der Waals surface area contributed by atoms with Crippen molar-refractivity contribution in [1.29, 1.82) is 0 Å². The van der Waals surface area contributed by atoms with Crippen molar-refractivity contribution in [1.82, 2.24) is 14.9 Å². The third-order valence-electron chi connectivity index (χ3n) is 3.42. The van der Waals surface area contributed by atoms with Crippen LogP contribution >= 0.6 is 11.6 Å². The molecule has 1 aliphatic heterocycles. The number of carbonyl (C=O) groups is 2. The minimum Gasteiger partial charge on any atom is -0.444 e. The number of rotatable bonds is 2. The Hall–Kier alpha value is -2.02. The molecule has 1 saturated heterocycles. The van der Waals surface area contributed by atoms with E-state index in [-0.39, 0.29) is 17.0 Å². The maximum absolute atomic E-state index is 12.3. The molecule has 1 atom stereocenters. The summed E-state index contributed by atoms with van der Waals surface area (Å²) in [6.07, 6.45) is 5.26. The molecule has 7 nitrogen and oxygen atoms in total. The summed E-state index contributed by atoms with van der Waals surface area (Å²) in [6.45, 7) is 6.32. The van der Waals surface area contributed by atoms with E-state index in [1.165, 1.54) is 18.6 Å². The van der Waals surface area contributed by atoms with Crippen LogP contribution in [0.3, 0.4) is 0 Å². The summed E-state index contributed by atoms with van der Waals surface area (Å²) in [6, 6.07) is 0. The molecule has 2 heterocycles. The molecule has 0 aromatic carbocycles. The van der Waals surface area contributed by atoms with E-state index >= 15 is 0 Å². The summed E-state index contributed by atoms with van der Waals surface area (Å²) in [4.78, 5) is 37.7. The molecule has 1 aromatic heterocycles. The van der Waals surface area contributed by atoms with Crippen molar-refractivity contribution < 1.29 is 14.3 Å². The van der Waals surface area contributed by atoms with Gasteiger partial charge in [-0.15, -0.1) is 0 Å². The predicted octanol–water partition coefficient (Wildman–Crippen LogP) is 2.72. The van der Waals surface area contributed by atoms with E-state index in [4.69, 9.17) is 16.3 Å². The molecule has 0 N–H and O–H groups in total. The van der Waals surface area contributed by atoms with Gasteiger partial charge in [-0.25, -0.2) is 14.8 Å². The minimum absolute atomic E-state index is 0.188. The van der Waals surface area contributed by atoms with E-state index < -0.39 is 11.7 Å². The summed E-state index contributed by atoms with van der Waals surface area (Å²) >= 11 is 5.87. The van der Waals surface area contributed by atoms with E-state index in [0.717, 1.165) is 6.42 Å². The highest BCUT2D eigenvalue weighted by Crippen LogP contribution is 2.20. The smallest absolute Gasteiger partial charge is 0.410 e. The number of amides is 2. The van der Waals surface area contributed by atoms with Crippen molar-refractivity contribution in [2.75, 3.05) is 13.1 Å². The quantitative estimate of drug-likeness (QED) is 0.764. The first-order valence-corrected chi connectivity index (χ1v) is 8.16. The summed E-state index contributed by atoms with van der Waals surface area (Å²) in [5, 5.41) is 0.188. The van der Waals surface area contributed by atoms with Gasteiger partial charge in [-0.1, -0.05) is 11.6 Å². The van der Waals surface area contributed by atoms with Gasteiger partial charge in [0.15, 0.2) is 5.15 Å². The van der Waals surface area contributed by atoms with E-state index in [1.807, 2.05) is 20.8 Å². The van der Waals surface area contributed by atoms with Gasteiger partial charge >= 0.3 is 6.09 Å². The lowest BCUT2D eigenvalue weighted by atomic mass is 9.98. The van der Waals surface area contributed by atoms with Crippen LogP contribution in [-0.2, 0) is 9.53 Å². The van der Waals surface area contributed by atoms with Gasteiger partial charge in [0.05, 0.1) is 12.1 Å². The number of likely N-dealkylation sites (tertiary alicyclic amines) is 1. The molecule has 1 fully saturated rings. The highest BCUT2D eigenvalue weighted by molar-refractivity contribution is 6.31. The summed E-state index contributed by atoms with van der Waals surface area (Å²) in [7, 11) is 0. The molecule has 130 valence electrons. The fraction of sp³-hybridized carbons (Fsp3) is 0.562. The lowest BCUT2D eigenvalue weighted by Gasteiger charge is -2.32. The number of ether oxygens (including phenoxy) is 1. The standard InChI is InChI=1S/C16H21ClN4O3/c1-16(2,3)24-15(23)21-8-4-5-11(10-21)14(22)20-9-12-13(17)19-7-6-18-12/h6-7,9,11H,4-5,8,10H2,1-3H3. The van der Waals surface area contributed by atoms with Gasteiger partial charge in [0.2, 0.25) is 0 Å². The fourth-order valence-corrected chi connectivity index (χ4v) is 2.47. The molecule has 8 heteroatoms. The number of aliphatic imine (C=N–C) groups is 1. The Morgan fingerprint density at radius 3 is 2.75 bits per heavy atom. The number of hydrogen-bond acceptors (Lipinski definition) is 5. The molecule has 1 unspecified atom stereocenters. The van der Waals surface area contributed by atoms with Gasteiger partial charge in [-0.3, -0.25) is 9.78 Å². The number of hydrogen-bond donors (Lipinski definition) is 0. The van der Waals surface area contributed by atoms with Gasteiger partial charge < -0.3 is 9.64 Å². The molecule has 0 aliphatic carbocycles. The lowest BCUT2D eigenvalue weighted by Crippen LogP contribution is -2.44. The second kappa shape index (κ2) is 7.70. The molecular weight excluding hydrogens is 332 g/mol. The van der Waals surface area contributed by atoms with Crippen LogP contribution in [0.1, 0.15) is 39.3 Å². The Morgan fingerprint density at radius 2 is 2.08 bits per heavy atom. The molecule has 0 saturated carbocycles. The molecule has 0 radical (unpaired) electrons. The topological polar surface area (TPSA) is 84.8 Å². The molecular formula is C16H21ClN4O3. The van der Waals surface area contributed by atoms with Crippen molar-refractivity contribution in [3.05, 3.63) is 23.2 Å². The van der Waals surface area contributed by atoms with E-state index in [2.05, 4.69) is 15.0 Å². The van der Waals surface area contributed by atoms with Crippen LogP contribution in [-0.4, -0.2) is 51.8 Å². The normalized spacial score (nSPS) is 18.7. The fourth-order valence-electron chi connectivity index (χ4n) is 2.32. The highest BCUT2D eigenvalue weighted by atomic mass is 35.5. The largest absolute Gasteiger partial charge is 0.444 e. The van der Waals surface area contributed by atoms with Crippen LogP contribution in [0, 0.1) is 5.92 Å². The number of aromatic nitrogens is 2. The van der Waals surface area contributed by atoms with Gasteiger partial charge in [0, 0.05) is 25.5 Å². The van der Waals surface area contributed by atoms with Crippen LogP contribution in [0.5, 0.6) is 0 Å². The molecule has 0 bridgehead atoms. The van der Waals surface area contributed by atoms with Gasteiger partial charge in [0.25, 0.3) is 5.91 Å². The molecule has 2 rings (SSSR count). The van der Waals surface area contributed by atoms with Crippen LogP contribution in [0.2, 0.25) is 5.15 Å². The van der Waals surface area contributed by atoms with Crippen molar-refractivity contribution in [2.45, 2.75) is 39.2 Å². The Morgan fingerprint density at radius 1 is 1.38 bits per heavy atom. The van der Waals surface area contributed by atoms with Crippen molar-refractivity contribution >= 4 is 29.8 Å². The zero-order valence-electron chi connectivity index (χ0n) is 14.0. The maximum atomic E-state index is 12.3. The zero-order chi connectivity index (χ0) is 17.7. The number of nitrogens with zero attached hydrogens (tertiary/aromatic N) is 4. The lowest BCUT2D eigenvalue weighted by molar-refractivity contribution is -0.122. The van der Waals surface area contributed by atoms with E-state index in [0.29, 0.717) is 25.2 Å². The molecule has 0 spiro atoms. The van der Waals surface area contributed by atoms with Crippen molar-refractivity contribution in [2.24, 2.45) is 10.9 Å². The SMILES string of the molecule is CC(C)(C)OC(=O)N1CCCC(C(=O)N=Cc2nccnc2Cl)C1. The van der Waals surface area contributed by atoms with Crippen molar-refractivity contribution in [3.63, 3.8) is 0 Å². The van der Waals surface area contributed by atoms with Gasteiger partial charge in [-0.2, -0.15) is 0 Å². The average molecular weight is 353 g/mol. The molecule has 1 aromatic rings. The van der Waals surface area contributed by atoms with Crippen LogP contribution in [0.15, 0.2) is 17.4 Å². The first-order chi connectivity index (χ1) is 11.3. The number of piperidine rings is 1. The molecule has 24 heavy (non-hydrogen) atoms. The van der Waals surface area contributed by atoms with Crippen LogP contribution in [0.4, 0.5) is 4.79 Å². The second-order valence-electron chi connectivity index (χ2n) is 6.59. The summed E-state index contributed by atoms with van der Waals surface area (Å²) in [5.74, 6) is -0.650. The first kappa shape index (κ1) is 18.3. The third-order valence-corrected chi connectivity index (χ3v) is 3.71. The Balaban J connectivity index is 1.97. The van der Waals surface area contributed by atoms with Crippen LogP contribution < -0.4 is 0 Å². The zero-order valence-corrected chi connectivity index (χ0v) is 14.8. The Bertz CT molecular complexity index is 642. The average Bonchev–Trinajstić information content (AvgIpc) is 2.52. The molecule has 2 amide bonds. The summed E-state index contributed by atoms with van der Waals surface area (Å²) < 4.78 is 5.35. The predicted molar refractivity (Wildman–Crippen MR) is 90.2 cm³/mol. The second-order valence-corrected chi connectivity index (χ2v) is 6.95.